The lowest BCUT2D eigenvalue weighted by molar-refractivity contribution is -0.385. The van der Waals surface area contributed by atoms with E-state index in [0.29, 0.717) is 0 Å². The van der Waals surface area contributed by atoms with Crippen LogP contribution in [-0.2, 0) is 10.0 Å². The lowest BCUT2D eigenvalue weighted by atomic mass is 10.3. The minimum Gasteiger partial charge on any atom is -0.258 e. The highest BCUT2D eigenvalue weighted by Crippen LogP contribution is 2.19. The third-order valence-electron chi connectivity index (χ3n) is 1.81. The SMILES string of the molecule is CN(C)S(=O)(=O)c1cccc([N+](=O)[O-])c1. The number of non-ortho nitro benzene ring substituents is 1. The van der Waals surface area contributed by atoms with Crippen LogP contribution in [0.15, 0.2) is 29.2 Å². The molecule has 0 saturated carbocycles. The lowest BCUT2D eigenvalue weighted by Gasteiger charge is -2.10. The smallest absolute Gasteiger partial charge is 0.258 e. The van der Waals surface area contributed by atoms with Gasteiger partial charge in [0.1, 0.15) is 0 Å². The summed E-state index contributed by atoms with van der Waals surface area (Å²) in [6.45, 7) is 0. The number of rotatable bonds is 3. The maximum absolute atomic E-state index is 11.6. The highest BCUT2D eigenvalue weighted by molar-refractivity contribution is 7.89. The molecule has 0 heterocycles. The summed E-state index contributed by atoms with van der Waals surface area (Å²) in [7, 11) is -0.866. The first-order chi connectivity index (χ1) is 6.85. The van der Waals surface area contributed by atoms with Crippen LogP contribution in [0.3, 0.4) is 0 Å². The van der Waals surface area contributed by atoms with Crippen molar-refractivity contribution in [3.05, 3.63) is 34.4 Å². The van der Waals surface area contributed by atoms with Gasteiger partial charge in [0.15, 0.2) is 0 Å². The Balaban J connectivity index is 3.29. The number of benzene rings is 1. The fourth-order valence-corrected chi connectivity index (χ4v) is 1.91. The van der Waals surface area contributed by atoms with Gasteiger partial charge in [-0.25, -0.2) is 12.7 Å². The molecular weight excluding hydrogens is 220 g/mol. The van der Waals surface area contributed by atoms with Gasteiger partial charge in [-0.2, -0.15) is 0 Å². The monoisotopic (exact) mass is 230 g/mol. The zero-order chi connectivity index (χ0) is 11.6. The molecule has 1 rings (SSSR count). The first-order valence-electron chi connectivity index (χ1n) is 4.02. The van der Waals surface area contributed by atoms with Gasteiger partial charge < -0.3 is 0 Å². The van der Waals surface area contributed by atoms with E-state index in [0.717, 1.165) is 10.4 Å². The third-order valence-corrected chi connectivity index (χ3v) is 3.62. The molecule has 0 unspecified atom stereocenters. The van der Waals surface area contributed by atoms with Gasteiger partial charge >= 0.3 is 0 Å². The molecule has 0 atom stereocenters. The Morgan fingerprint density at radius 1 is 1.33 bits per heavy atom. The molecule has 7 heteroatoms. The topological polar surface area (TPSA) is 80.5 Å². The van der Waals surface area contributed by atoms with Crippen molar-refractivity contribution in [2.24, 2.45) is 0 Å². The van der Waals surface area contributed by atoms with E-state index in [2.05, 4.69) is 0 Å². The van der Waals surface area contributed by atoms with E-state index in [1.54, 1.807) is 0 Å². The van der Waals surface area contributed by atoms with E-state index in [1.165, 1.54) is 32.3 Å². The average molecular weight is 230 g/mol. The van der Waals surface area contributed by atoms with Crippen molar-refractivity contribution in [2.45, 2.75) is 4.90 Å². The first-order valence-corrected chi connectivity index (χ1v) is 5.46. The van der Waals surface area contributed by atoms with Crippen molar-refractivity contribution in [1.82, 2.24) is 4.31 Å². The molecular formula is C8H10N2O4S. The third kappa shape index (κ3) is 2.31. The van der Waals surface area contributed by atoms with Crippen LogP contribution in [0.5, 0.6) is 0 Å². The summed E-state index contributed by atoms with van der Waals surface area (Å²) in [5.74, 6) is 0. The normalized spacial score (nSPS) is 11.7. The Hall–Kier alpha value is -1.47. The molecule has 0 bridgehead atoms. The van der Waals surface area contributed by atoms with Crippen molar-refractivity contribution in [2.75, 3.05) is 14.1 Å². The Morgan fingerprint density at radius 2 is 1.93 bits per heavy atom. The van der Waals surface area contributed by atoms with Crippen LogP contribution in [0.4, 0.5) is 5.69 Å². The highest BCUT2D eigenvalue weighted by Gasteiger charge is 2.19. The molecule has 6 nitrogen and oxygen atoms in total. The van der Waals surface area contributed by atoms with Crippen molar-refractivity contribution >= 4 is 15.7 Å². The molecule has 0 aliphatic carbocycles. The number of nitro groups is 1. The standard InChI is InChI=1S/C8H10N2O4S/c1-9(2)15(13,14)8-5-3-4-7(6-8)10(11)12/h3-6H,1-2H3. The van der Waals surface area contributed by atoms with Crippen LogP contribution in [0.2, 0.25) is 0 Å². The van der Waals surface area contributed by atoms with Crippen molar-refractivity contribution in [3.8, 4) is 0 Å². The second-order valence-electron chi connectivity index (χ2n) is 3.04. The molecule has 1 aromatic carbocycles. The zero-order valence-electron chi connectivity index (χ0n) is 8.25. The van der Waals surface area contributed by atoms with Crippen molar-refractivity contribution in [3.63, 3.8) is 0 Å². The van der Waals surface area contributed by atoms with E-state index >= 15 is 0 Å². The summed E-state index contributed by atoms with van der Waals surface area (Å²) in [6.07, 6.45) is 0. The molecule has 0 aliphatic rings. The molecule has 0 fully saturated rings. The summed E-state index contributed by atoms with van der Waals surface area (Å²) >= 11 is 0. The molecule has 0 amide bonds. The van der Waals surface area contributed by atoms with Crippen LogP contribution in [-0.4, -0.2) is 31.7 Å². The van der Waals surface area contributed by atoms with E-state index in [4.69, 9.17) is 0 Å². The predicted molar refractivity (Wildman–Crippen MR) is 54.0 cm³/mol. The van der Waals surface area contributed by atoms with Crippen LogP contribution < -0.4 is 0 Å². The number of hydrogen-bond donors (Lipinski definition) is 0. The summed E-state index contributed by atoms with van der Waals surface area (Å²) < 4.78 is 24.2. The minimum absolute atomic E-state index is 0.0818. The van der Waals surface area contributed by atoms with Crippen molar-refractivity contribution < 1.29 is 13.3 Å². The first kappa shape index (κ1) is 11.6. The average Bonchev–Trinajstić information content (AvgIpc) is 2.17. The molecule has 82 valence electrons. The van der Waals surface area contributed by atoms with Crippen LogP contribution in [0.25, 0.3) is 0 Å². The van der Waals surface area contributed by atoms with E-state index in [-0.39, 0.29) is 10.6 Å². The van der Waals surface area contributed by atoms with Crippen LogP contribution >= 0.6 is 0 Å². The van der Waals surface area contributed by atoms with E-state index < -0.39 is 14.9 Å². The minimum atomic E-state index is -3.60. The number of nitrogens with zero attached hydrogens (tertiary/aromatic N) is 2. The quantitative estimate of drug-likeness (QED) is 0.569. The van der Waals surface area contributed by atoms with Crippen LogP contribution in [0.1, 0.15) is 0 Å². The van der Waals surface area contributed by atoms with E-state index in [9.17, 15) is 18.5 Å². The molecule has 0 radical (unpaired) electrons. The van der Waals surface area contributed by atoms with Gasteiger partial charge in [-0.15, -0.1) is 0 Å². The molecule has 15 heavy (non-hydrogen) atoms. The largest absolute Gasteiger partial charge is 0.270 e. The van der Waals surface area contributed by atoms with Crippen molar-refractivity contribution in [1.29, 1.82) is 0 Å². The number of hydrogen-bond acceptors (Lipinski definition) is 4. The van der Waals surface area contributed by atoms with Gasteiger partial charge in [-0.3, -0.25) is 10.1 Å². The molecule has 0 aliphatic heterocycles. The maximum Gasteiger partial charge on any atom is 0.270 e. The van der Waals surface area contributed by atoms with Gasteiger partial charge in [-0.05, 0) is 6.07 Å². The van der Waals surface area contributed by atoms with Gasteiger partial charge in [-0.1, -0.05) is 6.07 Å². The molecule has 1 aromatic rings. The van der Waals surface area contributed by atoms with Gasteiger partial charge in [0.25, 0.3) is 5.69 Å². The Labute approximate surface area is 87.3 Å². The van der Waals surface area contributed by atoms with Crippen LogP contribution in [0, 0.1) is 10.1 Å². The summed E-state index contributed by atoms with van der Waals surface area (Å²) in [5, 5.41) is 10.4. The fourth-order valence-electron chi connectivity index (χ4n) is 0.968. The van der Waals surface area contributed by atoms with Gasteiger partial charge in [0.05, 0.1) is 9.82 Å². The maximum atomic E-state index is 11.6. The highest BCUT2D eigenvalue weighted by atomic mass is 32.2. The second-order valence-corrected chi connectivity index (χ2v) is 5.19. The van der Waals surface area contributed by atoms with E-state index in [1.807, 2.05) is 0 Å². The van der Waals surface area contributed by atoms with Gasteiger partial charge in [0.2, 0.25) is 10.0 Å². The fraction of sp³-hybridized carbons (Fsp3) is 0.250. The number of sulfonamides is 1. The summed E-state index contributed by atoms with van der Waals surface area (Å²) in [6, 6.07) is 4.95. The Bertz CT molecular complexity index is 481. The molecule has 0 aromatic heterocycles. The van der Waals surface area contributed by atoms with Gasteiger partial charge in [0, 0.05) is 26.2 Å². The molecule has 0 saturated heterocycles. The Morgan fingerprint density at radius 3 is 2.40 bits per heavy atom. The lowest BCUT2D eigenvalue weighted by Crippen LogP contribution is -2.22. The molecule has 0 N–H and O–H groups in total. The zero-order valence-corrected chi connectivity index (χ0v) is 9.06. The molecule has 0 spiro atoms. The Kier molecular flexibility index (Phi) is 3.06. The summed E-state index contributed by atoms with van der Waals surface area (Å²) in [5.41, 5.74) is -0.238. The predicted octanol–water partition coefficient (Wildman–Crippen LogP) is 0.845. The summed E-state index contributed by atoms with van der Waals surface area (Å²) in [4.78, 5) is 9.74. The number of nitro benzene ring substituents is 1. The second kappa shape index (κ2) is 3.95.